The van der Waals surface area contributed by atoms with Crippen molar-refractivity contribution >= 4 is 0 Å². The van der Waals surface area contributed by atoms with Crippen LogP contribution in [0.1, 0.15) is 84.5 Å². The topological polar surface area (TPSA) is 24.1 Å². The number of hydrogen-bond acceptors (Lipinski definition) is 2. The second-order valence-electron chi connectivity index (χ2n) is 5.39. The van der Waals surface area contributed by atoms with Crippen LogP contribution in [0.2, 0.25) is 0 Å². The Morgan fingerprint density at radius 3 is 1.67 bits per heavy atom. The first-order valence-electron chi connectivity index (χ1n) is 8.25. The van der Waals surface area contributed by atoms with E-state index in [2.05, 4.69) is 24.5 Å². The normalized spacial score (nSPS) is 12.8. The van der Waals surface area contributed by atoms with E-state index in [9.17, 15) is 0 Å². The first kappa shape index (κ1) is 17.9. The maximum atomic E-state index is 3.53. The lowest BCUT2D eigenvalue weighted by Gasteiger charge is -2.15. The SMILES string of the molecule is CCCCCCCCCCCCNC(CC)NC. The van der Waals surface area contributed by atoms with Gasteiger partial charge in [-0.15, -0.1) is 0 Å². The quantitative estimate of drug-likeness (QED) is 0.354. The third-order valence-electron chi connectivity index (χ3n) is 3.68. The van der Waals surface area contributed by atoms with Crippen LogP contribution in [-0.2, 0) is 0 Å². The van der Waals surface area contributed by atoms with Gasteiger partial charge in [0.1, 0.15) is 0 Å². The molecule has 2 nitrogen and oxygen atoms in total. The first-order valence-corrected chi connectivity index (χ1v) is 8.25. The van der Waals surface area contributed by atoms with Gasteiger partial charge in [0.15, 0.2) is 0 Å². The van der Waals surface area contributed by atoms with Crippen LogP contribution in [0.4, 0.5) is 0 Å². The maximum absolute atomic E-state index is 3.53. The molecule has 0 radical (unpaired) electrons. The minimum Gasteiger partial charge on any atom is -0.305 e. The van der Waals surface area contributed by atoms with Gasteiger partial charge in [-0.1, -0.05) is 71.6 Å². The summed E-state index contributed by atoms with van der Waals surface area (Å²) in [7, 11) is 2.03. The minimum absolute atomic E-state index is 0.503. The van der Waals surface area contributed by atoms with E-state index >= 15 is 0 Å². The molecule has 2 N–H and O–H groups in total. The molecule has 110 valence electrons. The van der Waals surface area contributed by atoms with Crippen LogP contribution in [0.25, 0.3) is 0 Å². The standard InChI is InChI=1S/C16H36N2/c1-4-6-7-8-9-10-11-12-13-14-15-18-16(5-2)17-3/h16-18H,4-15H2,1-3H3. The third-order valence-corrected chi connectivity index (χ3v) is 3.68. The number of nitrogens with one attached hydrogen (secondary N) is 2. The molecule has 0 saturated heterocycles. The molecule has 0 amide bonds. The molecule has 18 heavy (non-hydrogen) atoms. The number of unbranched alkanes of at least 4 members (excludes halogenated alkanes) is 9. The van der Waals surface area contributed by atoms with Gasteiger partial charge in [0.25, 0.3) is 0 Å². The van der Waals surface area contributed by atoms with E-state index in [0.29, 0.717) is 6.17 Å². The maximum Gasteiger partial charge on any atom is 0.0566 e. The first-order chi connectivity index (χ1) is 8.85. The van der Waals surface area contributed by atoms with Crippen LogP contribution >= 0.6 is 0 Å². The molecule has 0 aromatic heterocycles. The van der Waals surface area contributed by atoms with Crippen molar-refractivity contribution in [1.29, 1.82) is 0 Å². The summed E-state index contributed by atoms with van der Waals surface area (Å²) in [5.74, 6) is 0. The van der Waals surface area contributed by atoms with E-state index < -0.39 is 0 Å². The van der Waals surface area contributed by atoms with Crippen LogP contribution in [0, 0.1) is 0 Å². The van der Waals surface area contributed by atoms with Crippen LogP contribution in [0.15, 0.2) is 0 Å². The van der Waals surface area contributed by atoms with Gasteiger partial charge in [0.05, 0.1) is 6.17 Å². The van der Waals surface area contributed by atoms with Crippen molar-refractivity contribution in [2.45, 2.75) is 90.6 Å². The average molecular weight is 256 g/mol. The molecule has 0 fully saturated rings. The molecule has 0 spiro atoms. The second kappa shape index (κ2) is 15.0. The predicted molar refractivity (Wildman–Crippen MR) is 83.0 cm³/mol. The summed E-state index contributed by atoms with van der Waals surface area (Å²) < 4.78 is 0. The zero-order chi connectivity index (χ0) is 13.5. The molecule has 0 aromatic rings. The Morgan fingerprint density at radius 1 is 0.722 bits per heavy atom. The molecule has 0 heterocycles. The van der Waals surface area contributed by atoms with Crippen molar-refractivity contribution in [2.75, 3.05) is 13.6 Å². The summed E-state index contributed by atoms with van der Waals surface area (Å²) in [5.41, 5.74) is 0. The lowest BCUT2D eigenvalue weighted by atomic mass is 10.1. The lowest BCUT2D eigenvalue weighted by Crippen LogP contribution is -2.39. The molecule has 0 saturated carbocycles. The van der Waals surface area contributed by atoms with Gasteiger partial charge < -0.3 is 10.6 Å². The van der Waals surface area contributed by atoms with Crippen molar-refractivity contribution in [3.63, 3.8) is 0 Å². The molecule has 0 rings (SSSR count). The van der Waals surface area contributed by atoms with E-state index in [1.165, 1.54) is 64.2 Å². The van der Waals surface area contributed by atoms with Crippen molar-refractivity contribution in [3.05, 3.63) is 0 Å². The number of hydrogen-bond donors (Lipinski definition) is 2. The Balaban J connectivity index is 3.03. The van der Waals surface area contributed by atoms with Gasteiger partial charge >= 0.3 is 0 Å². The van der Waals surface area contributed by atoms with Crippen molar-refractivity contribution in [1.82, 2.24) is 10.6 Å². The molecule has 2 heteroatoms. The van der Waals surface area contributed by atoms with Gasteiger partial charge in [-0.3, -0.25) is 0 Å². The summed E-state index contributed by atoms with van der Waals surface area (Å²) >= 11 is 0. The van der Waals surface area contributed by atoms with Crippen molar-refractivity contribution in [3.8, 4) is 0 Å². The Labute approximate surface area is 115 Å². The molecular formula is C16H36N2. The van der Waals surface area contributed by atoms with Crippen LogP contribution in [0.3, 0.4) is 0 Å². The highest BCUT2D eigenvalue weighted by atomic mass is 15.1. The highest BCUT2D eigenvalue weighted by Gasteiger charge is 1.99. The van der Waals surface area contributed by atoms with Crippen molar-refractivity contribution < 1.29 is 0 Å². The summed E-state index contributed by atoms with van der Waals surface area (Å²) in [4.78, 5) is 0. The summed E-state index contributed by atoms with van der Waals surface area (Å²) in [6.45, 7) is 5.66. The molecule has 0 aliphatic carbocycles. The average Bonchev–Trinajstić information content (AvgIpc) is 2.40. The summed E-state index contributed by atoms with van der Waals surface area (Å²) in [6, 6.07) is 0. The molecule has 1 atom stereocenters. The fourth-order valence-corrected chi connectivity index (χ4v) is 2.34. The van der Waals surface area contributed by atoms with Gasteiger partial charge in [-0.05, 0) is 26.4 Å². The minimum atomic E-state index is 0.503. The van der Waals surface area contributed by atoms with Gasteiger partial charge in [-0.25, -0.2) is 0 Å². The predicted octanol–water partition coefficient (Wildman–Crippen LogP) is 4.45. The third kappa shape index (κ3) is 12.4. The summed E-state index contributed by atoms with van der Waals surface area (Å²) in [6.07, 6.45) is 15.8. The van der Waals surface area contributed by atoms with Crippen LogP contribution in [-0.4, -0.2) is 19.8 Å². The van der Waals surface area contributed by atoms with E-state index in [-0.39, 0.29) is 0 Å². The Bertz CT molecular complexity index is 144. The Kier molecular flexibility index (Phi) is 14.9. The van der Waals surface area contributed by atoms with Gasteiger partial charge in [-0.2, -0.15) is 0 Å². The zero-order valence-electron chi connectivity index (χ0n) is 13.1. The monoisotopic (exact) mass is 256 g/mol. The van der Waals surface area contributed by atoms with Crippen molar-refractivity contribution in [2.24, 2.45) is 0 Å². The van der Waals surface area contributed by atoms with Crippen LogP contribution in [0.5, 0.6) is 0 Å². The molecule has 0 aliphatic rings. The molecule has 0 aliphatic heterocycles. The smallest absolute Gasteiger partial charge is 0.0566 e. The number of rotatable bonds is 14. The molecule has 1 unspecified atom stereocenters. The Hall–Kier alpha value is -0.0800. The second-order valence-corrected chi connectivity index (χ2v) is 5.39. The van der Waals surface area contributed by atoms with E-state index in [1.807, 2.05) is 7.05 Å². The molecular weight excluding hydrogens is 220 g/mol. The Morgan fingerprint density at radius 2 is 1.22 bits per heavy atom. The molecule has 0 aromatic carbocycles. The molecule has 0 bridgehead atoms. The van der Waals surface area contributed by atoms with E-state index in [0.717, 1.165) is 13.0 Å². The zero-order valence-corrected chi connectivity index (χ0v) is 13.1. The fraction of sp³-hybridized carbons (Fsp3) is 1.00. The lowest BCUT2D eigenvalue weighted by molar-refractivity contribution is 0.432. The highest BCUT2D eigenvalue weighted by molar-refractivity contribution is 4.59. The van der Waals surface area contributed by atoms with Gasteiger partial charge in [0.2, 0.25) is 0 Å². The largest absolute Gasteiger partial charge is 0.305 e. The van der Waals surface area contributed by atoms with E-state index in [1.54, 1.807) is 0 Å². The fourth-order valence-electron chi connectivity index (χ4n) is 2.34. The van der Waals surface area contributed by atoms with Crippen LogP contribution < -0.4 is 10.6 Å². The summed E-state index contributed by atoms with van der Waals surface area (Å²) in [5, 5.41) is 6.81. The highest BCUT2D eigenvalue weighted by Crippen LogP contribution is 2.10. The van der Waals surface area contributed by atoms with E-state index in [4.69, 9.17) is 0 Å². The van der Waals surface area contributed by atoms with Gasteiger partial charge in [0, 0.05) is 0 Å².